The van der Waals surface area contributed by atoms with Crippen LogP contribution in [0.15, 0.2) is 136 Å². The van der Waals surface area contributed by atoms with E-state index in [0.717, 1.165) is 36.4 Å². The van der Waals surface area contributed by atoms with E-state index < -0.39 is 98.1 Å². The van der Waals surface area contributed by atoms with E-state index in [1.165, 1.54) is 48.5 Å². The topological polar surface area (TPSA) is 375 Å². The van der Waals surface area contributed by atoms with Gasteiger partial charge < -0.3 is 41.5 Å². The third-order valence-corrected chi connectivity index (χ3v) is 9.47. The molecule has 0 spiro atoms. The number of fused-ring (bicyclic) bond motifs is 1. The summed E-state index contributed by atoms with van der Waals surface area (Å²) in [5, 5.41) is 99.7. The Morgan fingerprint density at radius 3 is 1.03 bits per heavy atom. The van der Waals surface area contributed by atoms with Crippen LogP contribution in [-0.4, -0.2) is 61.7 Å². The van der Waals surface area contributed by atoms with Gasteiger partial charge >= 0.3 is 0 Å². The summed E-state index contributed by atoms with van der Waals surface area (Å²) in [5.41, 5.74) is 3.95. The molecule has 0 saturated heterocycles. The summed E-state index contributed by atoms with van der Waals surface area (Å²) in [6.45, 7) is 0. The predicted octanol–water partition coefficient (Wildman–Crippen LogP) is 8.52. The van der Waals surface area contributed by atoms with Crippen molar-refractivity contribution >= 4 is 82.2 Å². The summed E-state index contributed by atoms with van der Waals surface area (Å²) in [5.74, 6) is -4.00. The number of nitrogens with two attached hydrogens (primary N) is 1. The lowest BCUT2D eigenvalue weighted by molar-refractivity contribution is 0.428. The maximum atomic E-state index is 12.5. The van der Waals surface area contributed by atoms with Gasteiger partial charge in [-0.05, 0) is 66.0 Å². The molecule has 0 bridgehead atoms. The highest BCUT2D eigenvalue weighted by Gasteiger charge is 2.28. The quantitative estimate of drug-likeness (QED) is 0.0351. The van der Waals surface area contributed by atoms with Crippen molar-refractivity contribution in [1.29, 1.82) is 0 Å². The molecule has 6 rings (SSSR count). The van der Waals surface area contributed by atoms with Crippen LogP contribution < -0.4 is 5.73 Å². The van der Waals surface area contributed by atoms with E-state index in [2.05, 4.69) is 40.9 Å². The number of benzene rings is 6. The smallest absolute Gasteiger partial charge is 0.296 e. The minimum atomic E-state index is -5.19. The molecule has 24 heteroatoms. The molecule has 0 aliphatic heterocycles. The van der Waals surface area contributed by atoms with Gasteiger partial charge in [-0.15, -0.1) is 20.5 Å². The first kappa shape index (κ1) is 39.9. The van der Waals surface area contributed by atoms with Crippen LogP contribution in [-0.2, 0) is 20.2 Å². The van der Waals surface area contributed by atoms with E-state index >= 15 is 0 Å². The van der Waals surface area contributed by atoms with E-state index in [1.54, 1.807) is 0 Å². The van der Waals surface area contributed by atoms with Gasteiger partial charge in [0, 0.05) is 24.3 Å². The van der Waals surface area contributed by atoms with Crippen molar-refractivity contribution in [3.05, 3.63) is 84.9 Å². The third kappa shape index (κ3) is 8.53. The van der Waals surface area contributed by atoms with Crippen LogP contribution in [0.1, 0.15) is 0 Å². The monoisotopic (exact) mass is 831 g/mol. The van der Waals surface area contributed by atoms with Crippen LogP contribution in [0.4, 0.5) is 51.2 Å². The Bertz CT molecular complexity index is 2730. The largest absolute Gasteiger partial charge is 0.508 e. The summed E-state index contributed by atoms with van der Waals surface area (Å²) in [6, 6.07) is 16.0. The van der Waals surface area contributed by atoms with Gasteiger partial charge in [0.1, 0.15) is 32.7 Å². The molecule has 6 aromatic rings. The first-order valence-electron chi connectivity index (χ1n) is 15.7. The molecule has 6 aromatic carbocycles. The number of nitrogens with zero attached hydrogens (tertiary/aromatic N) is 8. The molecule has 0 aliphatic rings. The van der Waals surface area contributed by atoms with E-state index in [-0.39, 0.29) is 34.1 Å². The highest BCUT2D eigenvalue weighted by Crippen LogP contribution is 2.49. The maximum absolute atomic E-state index is 12.5. The van der Waals surface area contributed by atoms with Gasteiger partial charge in [0.25, 0.3) is 20.2 Å². The van der Waals surface area contributed by atoms with Crippen molar-refractivity contribution in [2.24, 2.45) is 40.9 Å². The summed E-state index contributed by atoms with van der Waals surface area (Å²) in [7, 11) is -10.3. The Morgan fingerprint density at radius 1 is 0.414 bits per heavy atom. The molecule has 11 N–H and O–H groups in total. The lowest BCUT2D eigenvalue weighted by Crippen LogP contribution is -2.03. The van der Waals surface area contributed by atoms with Crippen LogP contribution in [0.2, 0.25) is 0 Å². The Morgan fingerprint density at radius 2 is 0.707 bits per heavy atom. The van der Waals surface area contributed by atoms with Gasteiger partial charge in [0.05, 0.1) is 33.8 Å². The Kier molecular flexibility index (Phi) is 10.6. The molecule has 0 heterocycles. The molecule has 0 aliphatic carbocycles. The van der Waals surface area contributed by atoms with Crippen LogP contribution in [0.3, 0.4) is 0 Å². The Hall–Kier alpha value is -7.80. The van der Waals surface area contributed by atoms with E-state index in [0.29, 0.717) is 0 Å². The number of azo groups is 4. The molecular formula is C34H25N9O13S2. The van der Waals surface area contributed by atoms with Crippen molar-refractivity contribution in [3.63, 3.8) is 0 Å². The molecule has 296 valence electrons. The SMILES string of the molecule is Nc1c(N=Nc2ccc(N=Nc3c(O)cc(O)cc3O)cc2)c(S(=O)(=O)O)cc2cc(S(=O)(=O)O)c(N=Nc3ccc(N=Nc4c(O)cc(O)cc4O)cc3)c(O)c12. The minimum absolute atomic E-state index is 0.0448. The van der Waals surface area contributed by atoms with Crippen molar-refractivity contribution in [3.8, 4) is 40.2 Å². The highest BCUT2D eigenvalue weighted by molar-refractivity contribution is 7.86. The lowest BCUT2D eigenvalue weighted by atomic mass is 10.1. The minimum Gasteiger partial charge on any atom is -0.508 e. The molecule has 22 nitrogen and oxygen atoms in total. The number of anilines is 1. The van der Waals surface area contributed by atoms with Crippen LogP contribution in [0, 0.1) is 0 Å². The van der Waals surface area contributed by atoms with Gasteiger partial charge in [0.2, 0.25) is 0 Å². The maximum Gasteiger partial charge on any atom is 0.296 e. The predicted molar refractivity (Wildman–Crippen MR) is 202 cm³/mol. The molecular weight excluding hydrogens is 807 g/mol. The standard InChI is InChI=1S/C34H25N9O13S2/c35-29-28-15(9-26(57(51,52)53)32(29)42-38-18-5-1-16(2-6-18)36-40-30-22(46)11-20(44)12-23(30)47)10-27(58(54,55)56)33(34(28)50)43-39-19-7-3-17(4-8-19)37-41-31-24(48)13-21(45)14-25(31)49/h1-14,44-50H,35H2,(H,51,52,53)(H,54,55,56). The van der Waals surface area contributed by atoms with Gasteiger partial charge in [-0.25, -0.2) is 0 Å². The fraction of sp³-hybridized carbons (Fsp3) is 0. The number of rotatable bonds is 10. The van der Waals surface area contributed by atoms with Gasteiger partial charge in [-0.3, -0.25) is 9.11 Å². The second-order valence-electron chi connectivity index (χ2n) is 11.8. The van der Waals surface area contributed by atoms with Gasteiger partial charge in [-0.2, -0.15) is 37.3 Å². The molecule has 0 unspecified atom stereocenters. The number of phenols is 7. The van der Waals surface area contributed by atoms with Gasteiger partial charge in [0.15, 0.2) is 40.1 Å². The molecule has 0 atom stereocenters. The summed E-state index contributed by atoms with van der Waals surface area (Å²) >= 11 is 0. The molecule has 0 aromatic heterocycles. The normalized spacial score (nSPS) is 12.5. The zero-order valence-corrected chi connectivity index (χ0v) is 30.3. The molecule has 0 fully saturated rings. The lowest BCUT2D eigenvalue weighted by Gasteiger charge is -2.14. The van der Waals surface area contributed by atoms with Crippen molar-refractivity contribution in [2.45, 2.75) is 9.79 Å². The third-order valence-electron chi connectivity index (χ3n) is 7.74. The van der Waals surface area contributed by atoms with Gasteiger partial charge in [-0.1, -0.05) is 0 Å². The number of hydrogen-bond donors (Lipinski definition) is 10. The zero-order chi connectivity index (χ0) is 42.1. The molecule has 58 heavy (non-hydrogen) atoms. The zero-order valence-electron chi connectivity index (χ0n) is 28.7. The van der Waals surface area contributed by atoms with E-state index in [9.17, 15) is 61.7 Å². The fourth-order valence-electron chi connectivity index (χ4n) is 5.09. The first-order chi connectivity index (χ1) is 27.3. The first-order valence-corrected chi connectivity index (χ1v) is 18.6. The molecule has 0 saturated carbocycles. The Labute approximate surface area is 324 Å². The Balaban J connectivity index is 1.35. The van der Waals surface area contributed by atoms with E-state index in [4.69, 9.17) is 5.73 Å². The van der Waals surface area contributed by atoms with Crippen molar-refractivity contribution in [1.82, 2.24) is 0 Å². The van der Waals surface area contributed by atoms with E-state index in [1.807, 2.05) is 0 Å². The molecule has 0 radical (unpaired) electrons. The second-order valence-corrected chi connectivity index (χ2v) is 14.5. The average Bonchev–Trinajstić information content (AvgIpc) is 3.13. The summed E-state index contributed by atoms with van der Waals surface area (Å²) < 4.78 is 69.8. The van der Waals surface area contributed by atoms with Crippen LogP contribution in [0.5, 0.6) is 40.2 Å². The summed E-state index contributed by atoms with van der Waals surface area (Å²) in [6.07, 6.45) is 0. The molecule has 0 amide bonds. The fourth-order valence-corrected chi connectivity index (χ4v) is 6.42. The number of hydrogen-bond acceptors (Lipinski definition) is 20. The van der Waals surface area contributed by atoms with Crippen molar-refractivity contribution < 1.29 is 61.7 Å². The van der Waals surface area contributed by atoms with Crippen molar-refractivity contribution in [2.75, 3.05) is 5.73 Å². The second kappa shape index (κ2) is 15.4. The highest BCUT2D eigenvalue weighted by atomic mass is 32.2. The van der Waals surface area contributed by atoms with Crippen LogP contribution in [0.25, 0.3) is 10.8 Å². The summed E-state index contributed by atoms with van der Waals surface area (Å²) in [4.78, 5) is -1.98. The average molecular weight is 832 g/mol. The number of nitrogen functional groups attached to an aromatic ring is 1. The van der Waals surface area contributed by atoms with Crippen LogP contribution >= 0.6 is 0 Å². The number of aromatic hydroxyl groups is 7. The number of phenolic OH excluding ortho intramolecular Hbond substituents is 7.